The number of nitrogens with one attached hydrogen (secondary N) is 2. The summed E-state index contributed by atoms with van der Waals surface area (Å²) in [5.74, 6) is 2.96. The average Bonchev–Trinajstić information content (AvgIpc) is 2.64. The number of hydrogen-bond acceptors (Lipinski definition) is 7. The first-order valence-corrected chi connectivity index (χ1v) is 7.20. The lowest BCUT2D eigenvalue weighted by atomic mass is 10.2. The summed E-state index contributed by atoms with van der Waals surface area (Å²) in [6.07, 6.45) is 0. The Morgan fingerprint density at radius 2 is 1.04 bits per heavy atom. The van der Waals surface area contributed by atoms with Crippen LogP contribution in [-0.4, -0.2) is 35.5 Å². The molecule has 130 valence electrons. The minimum Gasteiger partial charge on any atom is -0.493 e. The molecule has 0 aliphatic heterocycles. The van der Waals surface area contributed by atoms with Crippen molar-refractivity contribution < 1.29 is 23.7 Å². The number of hydrogen-bond donors (Lipinski definition) is 2. The van der Waals surface area contributed by atoms with Gasteiger partial charge < -0.3 is 34.5 Å². The zero-order valence-electron chi connectivity index (χ0n) is 14.4. The van der Waals surface area contributed by atoms with Gasteiger partial charge in [0.2, 0.25) is 5.75 Å². The average molecular weight is 334 g/mol. The van der Waals surface area contributed by atoms with Crippen LogP contribution in [0, 0.1) is 0 Å². The van der Waals surface area contributed by atoms with Crippen LogP contribution in [-0.2, 0) is 0 Å². The molecule has 0 unspecified atom stereocenters. The normalized spacial score (nSPS) is 9.88. The molecule has 0 heterocycles. The van der Waals surface area contributed by atoms with Crippen molar-refractivity contribution in [1.82, 2.24) is 0 Å². The van der Waals surface area contributed by atoms with Gasteiger partial charge in [-0.3, -0.25) is 0 Å². The van der Waals surface area contributed by atoms with E-state index in [1.165, 1.54) is 0 Å². The molecule has 0 radical (unpaired) electrons. The molecular weight excluding hydrogens is 312 g/mol. The van der Waals surface area contributed by atoms with Crippen molar-refractivity contribution in [3.05, 3.63) is 30.3 Å². The molecule has 2 aromatic rings. The molecule has 2 aromatic carbocycles. The molecule has 0 atom stereocenters. The number of anilines is 2. The van der Waals surface area contributed by atoms with E-state index in [1.807, 2.05) is 18.2 Å². The van der Waals surface area contributed by atoms with Gasteiger partial charge in [0.25, 0.3) is 0 Å². The predicted octanol–water partition coefficient (Wildman–Crippen LogP) is 3.17. The van der Waals surface area contributed by atoms with Crippen LogP contribution in [0.25, 0.3) is 0 Å². The van der Waals surface area contributed by atoms with E-state index in [-0.39, 0.29) is 0 Å². The topological polar surface area (TPSA) is 70.2 Å². The van der Waals surface area contributed by atoms with Crippen LogP contribution in [0.3, 0.4) is 0 Å². The first-order valence-electron chi connectivity index (χ1n) is 7.20. The van der Waals surface area contributed by atoms with Crippen LogP contribution < -0.4 is 34.5 Å². The fraction of sp³-hybridized carbons (Fsp3) is 0.294. The lowest BCUT2D eigenvalue weighted by Gasteiger charge is -2.16. The van der Waals surface area contributed by atoms with Crippen LogP contribution in [0.15, 0.2) is 30.3 Å². The number of methoxy groups -OCH3 is 5. The molecule has 0 saturated heterocycles. The van der Waals surface area contributed by atoms with Crippen molar-refractivity contribution in [2.24, 2.45) is 0 Å². The van der Waals surface area contributed by atoms with E-state index in [0.717, 1.165) is 11.4 Å². The van der Waals surface area contributed by atoms with E-state index in [4.69, 9.17) is 23.7 Å². The third-order valence-corrected chi connectivity index (χ3v) is 3.40. The highest BCUT2D eigenvalue weighted by Crippen LogP contribution is 2.40. The maximum atomic E-state index is 5.33. The zero-order valence-corrected chi connectivity index (χ0v) is 14.4. The summed E-state index contributed by atoms with van der Waals surface area (Å²) in [5.41, 5.74) is 7.73. The second-order valence-electron chi connectivity index (χ2n) is 4.73. The molecule has 0 saturated carbocycles. The smallest absolute Gasteiger partial charge is 0.203 e. The summed E-state index contributed by atoms with van der Waals surface area (Å²) >= 11 is 0. The van der Waals surface area contributed by atoms with Gasteiger partial charge in [-0.25, -0.2) is 0 Å². The molecular formula is C17H22N2O5. The SMILES string of the molecule is COc1ccc(NNc2cc(OC)c(OC)c(OC)c2)cc1OC. The van der Waals surface area contributed by atoms with E-state index < -0.39 is 0 Å². The van der Waals surface area contributed by atoms with Gasteiger partial charge in [0.05, 0.1) is 46.9 Å². The largest absolute Gasteiger partial charge is 0.493 e. The zero-order chi connectivity index (χ0) is 17.5. The van der Waals surface area contributed by atoms with Gasteiger partial charge in [0.15, 0.2) is 23.0 Å². The van der Waals surface area contributed by atoms with Gasteiger partial charge in [-0.1, -0.05) is 0 Å². The van der Waals surface area contributed by atoms with Crippen molar-refractivity contribution >= 4 is 11.4 Å². The summed E-state index contributed by atoms with van der Waals surface area (Å²) in [5, 5.41) is 0. The van der Waals surface area contributed by atoms with Gasteiger partial charge in [0.1, 0.15) is 0 Å². The van der Waals surface area contributed by atoms with Gasteiger partial charge in [-0.2, -0.15) is 0 Å². The van der Waals surface area contributed by atoms with Gasteiger partial charge in [-0.05, 0) is 12.1 Å². The molecule has 7 heteroatoms. The Balaban J connectivity index is 2.20. The Hall–Kier alpha value is -2.96. The second-order valence-corrected chi connectivity index (χ2v) is 4.73. The third-order valence-electron chi connectivity index (χ3n) is 3.40. The van der Waals surface area contributed by atoms with E-state index >= 15 is 0 Å². The number of hydrazine groups is 1. The Kier molecular flexibility index (Phi) is 5.83. The van der Waals surface area contributed by atoms with Crippen molar-refractivity contribution in [2.45, 2.75) is 0 Å². The summed E-state index contributed by atoms with van der Waals surface area (Å²) in [4.78, 5) is 0. The number of ether oxygens (including phenoxy) is 5. The third kappa shape index (κ3) is 3.68. The monoisotopic (exact) mass is 334 g/mol. The molecule has 0 aliphatic rings. The maximum absolute atomic E-state index is 5.33. The molecule has 0 fully saturated rings. The Morgan fingerprint density at radius 3 is 1.54 bits per heavy atom. The molecule has 0 amide bonds. The molecule has 7 nitrogen and oxygen atoms in total. The van der Waals surface area contributed by atoms with Crippen molar-refractivity contribution in [1.29, 1.82) is 0 Å². The lowest BCUT2D eigenvalue weighted by Crippen LogP contribution is -2.09. The Bertz CT molecular complexity index is 666. The molecule has 2 rings (SSSR count). The van der Waals surface area contributed by atoms with E-state index in [1.54, 1.807) is 47.7 Å². The van der Waals surface area contributed by atoms with Crippen LogP contribution >= 0.6 is 0 Å². The van der Waals surface area contributed by atoms with Crippen molar-refractivity contribution in [2.75, 3.05) is 46.4 Å². The van der Waals surface area contributed by atoms with Crippen molar-refractivity contribution in [3.8, 4) is 28.7 Å². The van der Waals surface area contributed by atoms with E-state index in [9.17, 15) is 0 Å². The Labute approximate surface area is 141 Å². The molecule has 0 aliphatic carbocycles. The predicted molar refractivity (Wildman–Crippen MR) is 92.9 cm³/mol. The van der Waals surface area contributed by atoms with E-state index in [0.29, 0.717) is 28.7 Å². The highest BCUT2D eigenvalue weighted by atomic mass is 16.5. The fourth-order valence-corrected chi connectivity index (χ4v) is 2.21. The fourth-order valence-electron chi connectivity index (χ4n) is 2.21. The number of rotatable bonds is 8. The summed E-state index contributed by atoms with van der Waals surface area (Å²) in [6.45, 7) is 0. The lowest BCUT2D eigenvalue weighted by molar-refractivity contribution is 0.324. The highest BCUT2D eigenvalue weighted by molar-refractivity contribution is 5.65. The van der Waals surface area contributed by atoms with Gasteiger partial charge in [-0.15, -0.1) is 0 Å². The first kappa shape index (κ1) is 17.4. The van der Waals surface area contributed by atoms with E-state index in [2.05, 4.69) is 10.9 Å². The molecule has 0 spiro atoms. The number of benzene rings is 2. The first-order chi connectivity index (χ1) is 11.7. The minimum absolute atomic E-state index is 0.539. The molecule has 0 aromatic heterocycles. The van der Waals surface area contributed by atoms with Gasteiger partial charge >= 0.3 is 0 Å². The highest BCUT2D eigenvalue weighted by Gasteiger charge is 2.13. The Morgan fingerprint density at radius 1 is 0.542 bits per heavy atom. The summed E-state index contributed by atoms with van der Waals surface area (Å²) < 4.78 is 26.5. The summed E-state index contributed by atoms with van der Waals surface area (Å²) in [7, 11) is 7.90. The molecule has 2 N–H and O–H groups in total. The second kappa shape index (κ2) is 8.05. The molecule has 0 bridgehead atoms. The summed E-state index contributed by atoms with van der Waals surface area (Å²) in [6, 6.07) is 9.11. The van der Waals surface area contributed by atoms with Crippen LogP contribution in [0.4, 0.5) is 11.4 Å². The maximum Gasteiger partial charge on any atom is 0.203 e. The minimum atomic E-state index is 0.539. The van der Waals surface area contributed by atoms with Crippen LogP contribution in [0.1, 0.15) is 0 Å². The van der Waals surface area contributed by atoms with Crippen LogP contribution in [0.2, 0.25) is 0 Å². The standard InChI is InChI=1S/C17H22N2O5/c1-20-13-7-6-11(8-14(13)21-2)18-19-12-9-15(22-3)17(24-5)16(10-12)23-4/h6-10,18-19H,1-5H3. The van der Waals surface area contributed by atoms with Crippen molar-refractivity contribution in [3.63, 3.8) is 0 Å². The molecule has 24 heavy (non-hydrogen) atoms. The quantitative estimate of drug-likeness (QED) is 0.719. The van der Waals surface area contributed by atoms with Crippen LogP contribution in [0.5, 0.6) is 28.7 Å². The van der Waals surface area contributed by atoms with Gasteiger partial charge in [0, 0.05) is 18.2 Å².